The van der Waals surface area contributed by atoms with E-state index in [0.29, 0.717) is 36.4 Å². The van der Waals surface area contributed by atoms with Crippen molar-refractivity contribution in [2.45, 2.75) is 31.3 Å². The number of anilines is 2. The molecule has 0 amide bonds. The second-order valence-electron chi connectivity index (χ2n) is 10.2. The van der Waals surface area contributed by atoms with E-state index in [-0.39, 0.29) is 5.82 Å². The highest BCUT2D eigenvalue weighted by atomic mass is 32.2. The van der Waals surface area contributed by atoms with E-state index in [1.54, 1.807) is 19.4 Å². The number of benzene rings is 1. The maximum absolute atomic E-state index is 15.2. The summed E-state index contributed by atoms with van der Waals surface area (Å²) in [5, 5.41) is 0. The zero-order chi connectivity index (χ0) is 27.2. The Kier molecular flexibility index (Phi) is 9.18. The van der Waals surface area contributed by atoms with Gasteiger partial charge in [-0.2, -0.15) is 0 Å². The molecule has 2 aliphatic rings. The van der Waals surface area contributed by atoms with Crippen LogP contribution in [0.4, 0.5) is 15.8 Å². The summed E-state index contributed by atoms with van der Waals surface area (Å²) in [6, 6.07) is 11.9. The molecule has 0 unspecified atom stereocenters. The summed E-state index contributed by atoms with van der Waals surface area (Å²) in [5.74, 6) is 0.292. The minimum Gasteiger partial charge on any atom is -0.480 e. The lowest BCUT2D eigenvalue weighted by molar-refractivity contribution is 0.104. The van der Waals surface area contributed by atoms with Crippen LogP contribution in [0.2, 0.25) is 0 Å². The lowest BCUT2D eigenvalue weighted by Crippen LogP contribution is -2.48. The molecule has 2 aromatic heterocycles. The molecule has 2 fully saturated rings. The third-order valence-corrected chi connectivity index (χ3v) is 8.12. The Morgan fingerprint density at radius 1 is 1.03 bits per heavy atom. The Balaban J connectivity index is 1.24. The molecular weight excluding hydrogens is 515 g/mol. The number of ether oxygens (including phenoxy) is 2. The van der Waals surface area contributed by atoms with Crippen molar-refractivity contribution in [3.8, 4) is 17.1 Å². The number of hydrogen-bond donors (Lipinski definition) is 1. The average Bonchev–Trinajstić information content (AvgIpc) is 2.97. The maximum atomic E-state index is 15.2. The SMILES string of the molecule is COc1ncc(N2CCOCC2)cc1SNc1ccnc(-c2ccc(CN3CCN(C(C)C)CC3)cc2F)c1. The van der Waals surface area contributed by atoms with Crippen molar-refractivity contribution in [2.24, 2.45) is 0 Å². The van der Waals surface area contributed by atoms with Gasteiger partial charge in [0.05, 0.1) is 42.8 Å². The smallest absolute Gasteiger partial charge is 0.229 e. The molecule has 4 heterocycles. The van der Waals surface area contributed by atoms with Crippen LogP contribution in [-0.4, -0.2) is 85.4 Å². The fourth-order valence-corrected chi connectivity index (χ4v) is 5.72. The molecule has 0 atom stereocenters. The number of rotatable bonds is 9. The predicted octanol–water partition coefficient (Wildman–Crippen LogP) is 4.77. The van der Waals surface area contributed by atoms with Crippen molar-refractivity contribution >= 4 is 23.3 Å². The molecule has 0 saturated carbocycles. The number of nitrogens with one attached hydrogen (secondary N) is 1. The first-order valence-electron chi connectivity index (χ1n) is 13.5. The molecule has 0 spiro atoms. The average molecular weight is 553 g/mol. The van der Waals surface area contributed by atoms with Gasteiger partial charge in [-0.15, -0.1) is 0 Å². The molecule has 0 aliphatic carbocycles. The summed E-state index contributed by atoms with van der Waals surface area (Å²) in [7, 11) is 1.61. The van der Waals surface area contributed by atoms with Gasteiger partial charge < -0.3 is 19.1 Å². The first kappa shape index (κ1) is 27.6. The third-order valence-electron chi connectivity index (χ3n) is 7.27. The molecule has 208 valence electrons. The van der Waals surface area contributed by atoms with Crippen molar-refractivity contribution in [2.75, 3.05) is 69.2 Å². The van der Waals surface area contributed by atoms with Crippen LogP contribution in [0.1, 0.15) is 19.4 Å². The summed E-state index contributed by atoms with van der Waals surface area (Å²) in [4.78, 5) is 16.9. The predicted molar refractivity (Wildman–Crippen MR) is 155 cm³/mol. The largest absolute Gasteiger partial charge is 0.480 e. The standard InChI is InChI=1S/C29H37FN6O2S/c1-21(2)35-10-8-34(9-11-35)20-22-4-5-25(26(30)16-22)27-17-23(6-7-31-27)33-39-28-18-24(19-32-29(28)37-3)36-12-14-38-15-13-36/h4-7,16-19,21H,8-15,20H2,1-3H3,(H,31,33). The summed E-state index contributed by atoms with van der Waals surface area (Å²) >= 11 is 1.41. The van der Waals surface area contributed by atoms with Gasteiger partial charge in [0.25, 0.3) is 0 Å². The molecule has 0 bridgehead atoms. The Morgan fingerprint density at radius 3 is 2.54 bits per heavy atom. The van der Waals surface area contributed by atoms with Crippen molar-refractivity contribution in [3.05, 3.63) is 60.2 Å². The van der Waals surface area contributed by atoms with Gasteiger partial charge in [0, 0.05) is 69.3 Å². The molecule has 5 rings (SSSR count). The fourth-order valence-electron chi connectivity index (χ4n) is 4.96. The van der Waals surface area contributed by atoms with Crippen molar-refractivity contribution in [1.29, 1.82) is 0 Å². The van der Waals surface area contributed by atoms with Crippen LogP contribution in [0.5, 0.6) is 5.88 Å². The molecular formula is C29H37FN6O2S. The van der Waals surface area contributed by atoms with E-state index in [0.717, 1.165) is 67.6 Å². The first-order valence-corrected chi connectivity index (χ1v) is 14.3. The van der Waals surface area contributed by atoms with E-state index in [4.69, 9.17) is 9.47 Å². The van der Waals surface area contributed by atoms with Crippen LogP contribution in [0, 0.1) is 5.82 Å². The van der Waals surface area contributed by atoms with E-state index in [9.17, 15) is 0 Å². The molecule has 39 heavy (non-hydrogen) atoms. The monoisotopic (exact) mass is 552 g/mol. The number of aromatic nitrogens is 2. The molecule has 10 heteroatoms. The molecule has 3 aromatic rings. The summed E-state index contributed by atoms with van der Waals surface area (Å²) in [5.41, 5.74) is 3.91. The summed E-state index contributed by atoms with van der Waals surface area (Å²) < 4.78 is 29.5. The number of methoxy groups -OCH3 is 1. The molecule has 2 aliphatic heterocycles. The molecule has 8 nitrogen and oxygen atoms in total. The van der Waals surface area contributed by atoms with Crippen LogP contribution in [0.15, 0.2) is 53.7 Å². The van der Waals surface area contributed by atoms with Gasteiger partial charge in [-0.25, -0.2) is 9.37 Å². The van der Waals surface area contributed by atoms with Gasteiger partial charge in [-0.1, -0.05) is 6.07 Å². The molecule has 1 aromatic carbocycles. The van der Waals surface area contributed by atoms with Gasteiger partial charge >= 0.3 is 0 Å². The van der Waals surface area contributed by atoms with E-state index < -0.39 is 0 Å². The van der Waals surface area contributed by atoms with E-state index in [2.05, 4.69) is 49.3 Å². The summed E-state index contributed by atoms with van der Waals surface area (Å²) in [6.07, 6.45) is 3.52. The normalized spacial score (nSPS) is 17.0. The number of halogens is 1. The second kappa shape index (κ2) is 13.0. The highest BCUT2D eigenvalue weighted by Crippen LogP contribution is 2.33. The van der Waals surface area contributed by atoms with Crippen molar-refractivity contribution in [3.63, 3.8) is 0 Å². The fraction of sp³-hybridized carbons (Fsp3) is 0.448. The first-order chi connectivity index (χ1) is 19.0. The number of nitrogens with zero attached hydrogens (tertiary/aromatic N) is 5. The zero-order valence-corrected chi connectivity index (χ0v) is 23.7. The van der Waals surface area contributed by atoms with E-state index in [1.165, 1.54) is 11.9 Å². The lowest BCUT2D eigenvalue weighted by atomic mass is 10.1. The zero-order valence-electron chi connectivity index (χ0n) is 22.9. The van der Waals surface area contributed by atoms with Crippen LogP contribution >= 0.6 is 11.9 Å². The van der Waals surface area contributed by atoms with Crippen LogP contribution in [-0.2, 0) is 11.3 Å². The van der Waals surface area contributed by atoms with Crippen molar-refractivity contribution in [1.82, 2.24) is 19.8 Å². The van der Waals surface area contributed by atoms with Gasteiger partial charge in [0.1, 0.15) is 5.82 Å². The maximum Gasteiger partial charge on any atom is 0.229 e. The number of pyridine rings is 2. The minimum atomic E-state index is -0.255. The Morgan fingerprint density at radius 2 is 1.82 bits per heavy atom. The quantitative estimate of drug-likeness (QED) is 0.378. The number of piperazine rings is 1. The Labute approximate surface area is 234 Å². The highest BCUT2D eigenvalue weighted by Gasteiger charge is 2.20. The third kappa shape index (κ3) is 7.00. The van der Waals surface area contributed by atoms with E-state index >= 15 is 4.39 Å². The van der Waals surface area contributed by atoms with E-state index in [1.807, 2.05) is 30.5 Å². The topological polar surface area (TPSA) is 66.0 Å². The van der Waals surface area contributed by atoms with Gasteiger partial charge in [0.15, 0.2) is 0 Å². The molecule has 0 radical (unpaired) electrons. The van der Waals surface area contributed by atoms with Crippen LogP contribution in [0.3, 0.4) is 0 Å². The van der Waals surface area contributed by atoms with Crippen LogP contribution in [0.25, 0.3) is 11.3 Å². The van der Waals surface area contributed by atoms with Gasteiger partial charge in [0.2, 0.25) is 5.88 Å². The Bertz CT molecular complexity index is 1250. The highest BCUT2D eigenvalue weighted by molar-refractivity contribution is 8.00. The van der Waals surface area contributed by atoms with Crippen molar-refractivity contribution < 1.29 is 13.9 Å². The lowest BCUT2D eigenvalue weighted by Gasteiger charge is -2.36. The number of hydrogen-bond acceptors (Lipinski definition) is 9. The number of morpholine rings is 1. The van der Waals surface area contributed by atoms with Crippen LogP contribution < -0.4 is 14.4 Å². The Hall–Kier alpha value is -2.92. The molecule has 1 N–H and O–H groups in total. The summed E-state index contributed by atoms with van der Waals surface area (Å²) in [6.45, 7) is 12.4. The minimum absolute atomic E-state index is 0.255. The molecule has 2 saturated heterocycles. The van der Waals surface area contributed by atoms with Gasteiger partial charge in [-0.3, -0.25) is 14.8 Å². The second-order valence-corrected chi connectivity index (χ2v) is 11.0. The van der Waals surface area contributed by atoms with Gasteiger partial charge in [-0.05, 0) is 61.7 Å².